The van der Waals surface area contributed by atoms with Gasteiger partial charge in [0.15, 0.2) is 22.9 Å². The monoisotopic (exact) mass is 627 g/mol. The predicted molar refractivity (Wildman–Crippen MR) is 171 cm³/mol. The molecular weight excluding hydrogens is 594 g/mol. The van der Waals surface area contributed by atoms with Crippen LogP contribution in [0.1, 0.15) is 43.6 Å². The Balaban J connectivity index is 1.72. The van der Waals surface area contributed by atoms with Gasteiger partial charge in [-0.3, -0.25) is 9.36 Å². The first kappa shape index (κ1) is 31.3. The Hall–Kier alpha value is -5.08. The molecule has 3 heterocycles. The van der Waals surface area contributed by atoms with Crippen molar-refractivity contribution in [2.24, 2.45) is 4.99 Å². The van der Waals surface area contributed by atoms with Crippen molar-refractivity contribution in [3.05, 3.63) is 90.2 Å². The van der Waals surface area contributed by atoms with Crippen LogP contribution >= 0.6 is 11.3 Å². The molecule has 45 heavy (non-hydrogen) atoms. The molecule has 0 unspecified atom stereocenters. The van der Waals surface area contributed by atoms with Gasteiger partial charge in [-0.1, -0.05) is 41.5 Å². The number of ether oxygens (including phenoxy) is 4. The standard InChI is InChI=1S/C34H33N3O7S/c1-7-16-36-21(5)24(23-12-10-11-13-25(23)36)18-28-32(39)37-31(30(33(40)43-9-3)20(4)35-34(37)45-28)22-14-15-26(27(17-22)42-8-2)44-19-29(38)41-6/h1,10-15,17-18,31H,8-9,16,19H2,2-6H3/b28-18+/t31-/m0/s1. The molecule has 10 nitrogen and oxygen atoms in total. The maximum atomic E-state index is 14.3. The number of hydrogen-bond donors (Lipinski definition) is 0. The SMILES string of the molecule is C#CCn1c(C)c(/C=c2/sc3n(c2=O)[C@@H](c2ccc(OCC(=O)OC)c(OCC)c2)C(C(=O)OCC)=C(C)N=3)c2ccccc21. The van der Waals surface area contributed by atoms with Crippen molar-refractivity contribution in [2.45, 2.75) is 40.3 Å². The number of allylic oxidation sites excluding steroid dienone is 1. The minimum atomic E-state index is -0.861. The van der Waals surface area contributed by atoms with Crippen molar-refractivity contribution < 1.29 is 28.5 Å². The molecule has 0 N–H and O–H groups in total. The zero-order chi connectivity index (χ0) is 32.2. The Bertz CT molecular complexity index is 2060. The fourth-order valence-electron chi connectivity index (χ4n) is 5.45. The van der Waals surface area contributed by atoms with Crippen LogP contribution in [0, 0.1) is 19.3 Å². The molecule has 0 spiro atoms. The zero-order valence-electron chi connectivity index (χ0n) is 25.7. The lowest BCUT2D eigenvalue weighted by Crippen LogP contribution is -2.40. The van der Waals surface area contributed by atoms with Gasteiger partial charge in [-0.25, -0.2) is 14.6 Å². The van der Waals surface area contributed by atoms with Crippen LogP contribution in [0.15, 0.2) is 63.5 Å². The highest BCUT2D eigenvalue weighted by Crippen LogP contribution is 2.36. The van der Waals surface area contributed by atoms with Gasteiger partial charge in [-0.2, -0.15) is 0 Å². The van der Waals surface area contributed by atoms with Gasteiger partial charge >= 0.3 is 11.9 Å². The highest BCUT2D eigenvalue weighted by molar-refractivity contribution is 7.07. The lowest BCUT2D eigenvalue weighted by Gasteiger charge is -2.25. The Morgan fingerprint density at radius 2 is 1.87 bits per heavy atom. The molecular formula is C34H33N3O7S. The number of rotatable bonds is 10. The summed E-state index contributed by atoms with van der Waals surface area (Å²) in [5.74, 6) is 2.25. The Kier molecular flexibility index (Phi) is 9.25. The highest BCUT2D eigenvalue weighted by atomic mass is 32.1. The lowest BCUT2D eigenvalue weighted by molar-refractivity contribution is -0.143. The third kappa shape index (κ3) is 5.89. The third-order valence-electron chi connectivity index (χ3n) is 7.48. The quantitative estimate of drug-likeness (QED) is 0.195. The molecule has 0 radical (unpaired) electrons. The number of para-hydroxylation sites is 1. The number of esters is 2. The van der Waals surface area contributed by atoms with E-state index in [9.17, 15) is 14.4 Å². The fourth-order valence-corrected chi connectivity index (χ4v) is 6.48. The van der Waals surface area contributed by atoms with Crippen molar-refractivity contribution in [2.75, 3.05) is 26.9 Å². The lowest BCUT2D eigenvalue weighted by atomic mass is 9.95. The van der Waals surface area contributed by atoms with Crippen molar-refractivity contribution in [1.29, 1.82) is 0 Å². The van der Waals surface area contributed by atoms with E-state index in [1.54, 1.807) is 32.0 Å². The van der Waals surface area contributed by atoms with Crippen molar-refractivity contribution in [3.8, 4) is 23.8 Å². The summed E-state index contributed by atoms with van der Waals surface area (Å²) in [6.07, 6.45) is 7.53. The van der Waals surface area contributed by atoms with Gasteiger partial charge in [0.25, 0.3) is 5.56 Å². The maximum Gasteiger partial charge on any atom is 0.343 e. The summed E-state index contributed by atoms with van der Waals surface area (Å²) in [5.41, 5.74) is 3.74. The molecule has 4 aromatic rings. The molecule has 1 aliphatic rings. The molecule has 0 aliphatic carbocycles. The molecule has 2 aromatic heterocycles. The number of methoxy groups -OCH3 is 1. The van der Waals surface area contributed by atoms with Gasteiger partial charge in [0.2, 0.25) is 0 Å². The Morgan fingerprint density at radius 3 is 2.58 bits per heavy atom. The predicted octanol–water partition coefficient (Wildman–Crippen LogP) is 3.65. The van der Waals surface area contributed by atoms with E-state index in [1.165, 1.54) is 23.0 Å². The Labute approximate surface area is 263 Å². The van der Waals surface area contributed by atoms with E-state index in [0.717, 1.165) is 22.2 Å². The van der Waals surface area contributed by atoms with Crippen LogP contribution in [-0.2, 0) is 25.6 Å². The molecule has 11 heteroatoms. The molecule has 0 saturated carbocycles. The van der Waals surface area contributed by atoms with E-state index in [2.05, 4.69) is 15.6 Å². The number of thiazole rings is 1. The second-order valence-electron chi connectivity index (χ2n) is 10.1. The smallest absolute Gasteiger partial charge is 0.343 e. The number of fused-ring (bicyclic) bond motifs is 2. The Morgan fingerprint density at radius 1 is 1.09 bits per heavy atom. The summed E-state index contributed by atoms with van der Waals surface area (Å²) < 4.78 is 25.6. The molecule has 0 bridgehead atoms. The number of carbonyl (C=O) groups excluding carboxylic acids is 2. The van der Waals surface area contributed by atoms with Gasteiger partial charge in [0.1, 0.15) is 0 Å². The summed E-state index contributed by atoms with van der Waals surface area (Å²) >= 11 is 1.24. The number of aromatic nitrogens is 2. The maximum absolute atomic E-state index is 14.3. The van der Waals surface area contributed by atoms with Crippen molar-refractivity contribution >= 4 is 40.3 Å². The van der Waals surface area contributed by atoms with Crippen LogP contribution < -0.4 is 24.4 Å². The van der Waals surface area contributed by atoms with Crippen LogP contribution in [0.4, 0.5) is 0 Å². The molecule has 2 aromatic carbocycles. The van der Waals surface area contributed by atoms with Crippen LogP contribution in [0.25, 0.3) is 17.0 Å². The molecule has 5 rings (SSSR count). The largest absolute Gasteiger partial charge is 0.490 e. The average Bonchev–Trinajstić information content (AvgIpc) is 3.48. The van der Waals surface area contributed by atoms with E-state index < -0.39 is 18.0 Å². The van der Waals surface area contributed by atoms with Crippen LogP contribution in [-0.4, -0.2) is 48.0 Å². The number of hydrogen-bond acceptors (Lipinski definition) is 9. The van der Waals surface area contributed by atoms with E-state index in [0.29, 0.717) is 45.2 Å². The van der Waals surface area contributed by atoms with E-state index >= 15 is 0 Å². The summed E-state index contributed by atoms with van der Waals surface area (Å²) in [4.78, 5) is 44.5. The minimum absolute atomic E-state index is 0.151. The first-order valence-corrected chi connectivity index (χ1v) is 15.2. The second-order valence-corrected chi connectivity index (χ2v) is 11.1. The average molecular weight is 628 g/mol. The van der Waals surface area contributed by atoms with Gasteiger partial charge in [0.05, 0.1) is 48.7 Å². The van der Waals surface area contributed by atoms with Gasteiger partial charge in [0, 0.05) is 22.2 Å². The fraction of sp³-hybridized carbons (Fsp3) is 0.294. The van der Waals surface area contributed by atoms with Gasteiger partial charge < -0.3 is 23.5 Å². The first-order valence-electron chi connectivity index (χ1n) is 14.4. The van der Waals surface area contributed by atoms with E-state index in [4.69, 9.17) is 20.6 Å². The van der Waals surface area contributed by atoms with Gasteiger partial charge in [-0.15, -0.1) is 6.42 Å². The van der Waals surface area contributed by atoms with E-state index in [1.807, 2.05) is 48.8 Å². The molecule has 0 amide bonds. The number of carbonyl (C=O) groups is 2. The summed E-state index contributed by atoms with van der Waals surface area (Å²) in [7, 11) is 1.27. The van der Waals surface area contributed by atoms with Gasteiger partial charge in [-0.05, 0) is 57.5 Å². The van der Waals surface area contributed by atoms with Crippen LogP contribution in [0.5, 0.6) is 11.5 Å². The molecule has 1 aliphatic heterocycles. The van der Waals surface area contributed by atoms with E-state index in [-0.39, 0.29) is 24.3 Å². The van der Waals surface area contributed by atoms with Crippen LogP contribution in [0.3, 0.4) is 0 Å². The second kappa shape index (κ2) is 13.3. The van der Waals surface area contributed by atoms with Crippen molar-refractivity contribution in [1.82, 2.24) is 9.13 Å². The zero-order valence-corrected chi connectivity index (χ0v) is 26.5. The number of benzene rings is 2. The topological polar surface area (TPSA) is 110 Å². The summed E-state index contributed by atoms with van der Waals surface area (Å²) in [5, 5.41) is 0.972. The molecule has 0 saturated heterocycles. The number of nitrogens with zero attached hydrogens (tertiary/aromatic N) is 3. The minimum Gasteiger partial charge on any atom is -0.490 e. The summed E-state index contributed by atoms with van der Waals surface area (Å²) in [6, 6.07) is 12.1. The third-order valence-corrected chi connectivity index (χ3v) is 8.46. The molecule has 1 atom stereocenters. The first-order chi connectivity index (χ1) is 21.7. The highest BCUT2D eigenvalue weighted by Gasteiger charge is 2.34. The number of terminal acetylenes is 1. The molecule has 232 valence electrons. The summed E-state index contributed by atoms with van der Waals surface area (Å²) in [6.45, 7) is 7.79. The molecule has 0 fully saturated rings. The van der Waals surface area contributed by atoms with Crippen LogP contribution in [0.2, 0.25) is 0 Å². The normalized spacial score (nSPS) is 14.5. The van der Waals surface area contributed by atoms with Crippen molar-refractivity contribution in [3.63, 3.8) is 0 Å².